The number of hydrogen-bond acceptors (Lipinski definition) is 6. The molecule has 10 nitrogen and oxygen atoms in total. The van der Waals surface area contributed by atoms with Crippen LogP contribution >= 0.6 is 0 Å². The lowest BCUT2D eigenvalue weighted by atomic mass is 9.56. The number of allylic oxidation sites excluding steroid dienone is 2. The van der Waals surface area contributed by atoms with E-state index in [2.05, 4.69) is 69.7 Å². The second-order valence-corrected chi connectivity index (χ2v) is 17.9. The highest BCUT2D eigenvalue weighted by Crippen LogP contribution is 2.58. The Balaban J connectivity index is 0.821. The van der Waals surface area contributed by atoms with Crippen molar-refractivity contribution in [3.8, 4) is 0 Å². The second kappa shape index (κ2) is 14.7. The van der Waals surface area contributed by atoms with Gasteiger partial charge in [-0.05, 0) is 152 Å². The first kappa shape index (κ1) is 37.2. The number of carbonyl (C=O) groups excluding carboxylic acids is 2. The molecule has 2 aromatic rings. The molecule has 6 aliphatic rings. The van der Waals surface area contributed by atoms with E-state index in [4.69, 9.17) is 0 Å². The van der Waals surface area contributed by atoms with Crippen LogP contribution in [-0.2, 0) is 33.5 Å². The minimum atomic E-state index is -0.365. The average Bonchev–Trinajstić information content (AvgIpc) is 3.11. The Kier molecular flexibility index (Phi) is 10.1. The van der Waals surface area contributed by atoms with Gasteiger partial charge in [-0.3, -0.25) is 29.0 Å². The van der Waals surface area contributed by atoms with Crippen LogP contribution in [0.5, 0.6) is 0 Å². The summed E-state index contributed by atoms with van der Waals surface area (Å²) in [5.41, 5.74) is 6.18. The van der Waals surface area contributed by atoms with E-state index in [0.717, 1.165) is 126 Å². The molecule has 0 saturated carbocycles. The summed E-state index contributed by atoms with van der Waals surface area (Å²) in [7, 11) is 4.13. The van der Waals surface area contributed by atoms with Gasteiger partial charge in [0.1, 0.15) is 0 Å². The van der Waals surface area contributed by atoms with E-state index in [1.54, 1.807) is 12.1 Å². The number of H-pyrrole nitrogens is 2. The van der Waals surface area contributed by atoms with Crippen molar-refractivity contribution >= 4 is 11.8 Å². The van der Waals surface area contributed by atoms with Crippen molar-refractivity contribution in [2.24, 2.45) is 23.7 Å². The van der Waals surface area contributed by atoms with E-state index in [0.29, 0.717) is 36.8 Å². The molecular weight excluding hydrogens is 677 g/mol. The molecule has 0 spiro atoms. The Morgan fingerprint density at radius 2 is 1.11 bits per heavy atom. The van der Waals surface area contributed by atoms with Crippen LogP contribution in [0, 0.1) is 23.7 Å². The van der Waals surface area contributed by atoms with Crippen molar-refractivity contribution in [2.45, 2.75) is 102 Å². The summed E-state index contributed by atoms with van der Waals surface area (Å²) < 4.78 is 0. The summed E-state index contributed by atoms with van der Waals surface area (Å²) in [6.07, 6.45) is 16.7. The molecule has 2 N–H and O–H groups in total. The summed E-state index contributed by atoms with van der Waals surface area (Å²) in [6.45, 7) is 8.49. The summed E-state index contributed by atoms with van der Waals surface area (Å²) >= 11 is 0. The van der Waals surface area contributed by atoms with Gasteiger partial charge in [0.05, 0.1) is 24.2 Å². The van der Waals surface area contributed by atoms with Crippen LogP contribution < -0.4 is 11.1 Å². The van der Waals surface area contributed by atoms with Crippen LogP contribution in [0.4, 0.5) is 0 Å². The van der Waals surface area contributed by atoms with Gasteiger partial charge in [0.2, 0.25) is 22.9 Å². The maximum Gasteiger partial charge on any atom is 0.248 e. The smallest absolute Gasteiger partial charge is 0.248 e. The molecule has 2 aromatic heterocycles. The fraction of sp³-hybridized carbons (Fsp3) is 0.636. The van der Waals surface area contributed by atoms with Gasteiger partial charge >= 0.3 is 0 Å². The average molecular weight is 737 g/mol. The maximum atomic E-state index is 14.1. The molecule has 4 heterocycles. The molecule has 2 fully saturated rings. The van der Waals surface area contributed by atoms with Crippen molar-refractivity contribution in [1.29, 1.82) is 0 Å². The van der Waals surface area contributed by atoms with Crippen molar-refractivity contribution in [3.63, 3.8) is 0 Å². The number of pyridine rings is 2. The number of nitrogens with zero attached hydrogens (tertiary/aromatic N) is 4. The molecule has 8 rings (SSSR count). The van der Waals surface area contributed by atoms with Crippen LogP contribution in [0.1, 0.15) is 101 Å². The number of unbranched alkanes of at least 4 members (excludes halogenated alkanes) is 3. The van der Waals surface area contributed by atoms with Crippen molar-refractivity contribution in [2.75, 3.05) is 53.4 Å². The van der Waals surface area contributed by atoms with Crippen LogP contribution in [0.25, 0.3) is 0 Å². The van der Waals surface area contributed by atoms with E-state index in [1.165, 1.54) is 11.1 Å². The van der Waals surface area contributed by atoms with Crippen LogP contribution in [0.2, 0.25) is 0 Å². The Bertz CT molecular complexity index is 1820. The highest BCUT2D eigenvalue weighted by molar-refractivity contribution is 5.80. The minimum Gasteiger partial charge on any atom is -0.331 e. The quantitative estimate of drug-likeness (QED) is 0.246. The first-order chi connectivity index (χ1) is 26.0. The van der Waals surface area contributed by atoms with Crippen molar-refractivity contribution in [1.82, 2.24) is 29.6 Å². The zero-order valence-electron chi connectivity index (χ0n) is 32.9. The normalized spacial score (nSPS) is 29.5. The summed E-state index contributed by atoms with van der Waals surface area (Å²) in [4.78, 5) is 67.8. The van der Waals surface area contributed by atoms with Gasteiger partial charge in [-0.1, -0.05) is 36.1 Å². The molecule has 2 amide bonds. The third-order valence-corrected chi connectivity index (χ3v) is 14.2. The molecule has 6 atom stereocenters. The summed E-state index contributed by atoms with van der Waals surface area (Å²) in [5.74, 6) is 1.89. The van der Waals surface area contributed by atoms with Gasteiger partial charge in [-0.25, -0.2) is 0 Å². The van der Waals surface area contributed by atoms with Gasteiger partial charge in [0.15, 0.2) is 0 Å². The topological polar surface area (TPSA) is 113 Å². The SMILES string of the molecule is CC1=C[C@H]2Cc3[nH]c(=O)ccc3[C@]3(C1)[C@@H]2CCCN3C(=O)CN(C)CCCCCCN(C)CC(=O)N1CCC[C@@H]2[C@H]3C=C(C)C[C@@]21c1ccc(=O)[nH]c1C3. The number of piperidine rings is 2. The van der Waals surface area contributed by atoms with E-state index in [-0.39, 0.29) is 34.0 Å². The molecule has 0 aromatic carbocycles. The highest BCUT2D eigenvalue weighted by atomic mass is 16.2. The van der Waals surface area contributed by atoms with E-state index in [9.17, 15) is 19.2 Å². The van der Waals surface area contributed by atoms with Gasteiger partial charge in [0.25, 0.3) is 0 Å². The van der Waals surface area contributed by atoms with Gasteiger partial charge < -0.3 is 19.8 Å². The molecule has 0 radical (unpaired) electrons. The fourth-order valence-corrected chi connectivity index (χ4v) is 12.3. The number of carbonyl (C=O) groups is 2. The lowest BCUT2D eigenvalue weighted by Crippen LogP contribution is -2.63. The van der Waals surface area contributed by atoms with Crippen LogP contribution in [0.3, 0.4) is 0 Å². The second-order valence-electron chi connectivity index (χ2n) is 17.9. The van der Waals surface area contributed by atoms with Crippen LogP contribution in [-0.4, -0.2) is 94.7 Å². The lowest BCUT2D eigenvalue weighted by Gasteiger charge is -2.59. The monoisotopic (exact) mass is 736 g/mol. The number of nitrogens with one attached hydrogen (secondary N) is 2. The molecule has 4 aliphatic carbocycles. The number of fused-ring (bicyclic) bond motifs is 2. The Morgan fingerprint density at radius 3 is 1.54 bits per heavy atom. The molecule has 0 unspecified atom stereocenters. The lowest BCUT2D eigenvalue weighted by molar-refractivity contribution is -0.149. The number of likely N-dealkylation sites (tertiary alicyclic amines) is 2. The minimum absolute atomic E-state index is 0.0627. The van der Waals surface area contributed by atoms with E-state index < -0.39 is 0 Å². The number of hydrogen-bond donors (Lipinski definition) is 2. The van der Waals surface area contributed by atoms with Gasteiger partial charge in [0, 0.05) is 36.6 Å². The van der Waals surface area contributed by atoms with Crippen LogP contribution in [0.15, 0.2) is 57.2 Å². The largest absolute Gasteiger partial charge is 0.331 e. The first-order valence-electron chi connectivity index (χ1n) is 20.8. The standard InChI is InChI=1S/C44H60N6O4/c1-29-21-31-23-37-35(13-15-39(51)45-37)43(25-29)33(31)11-9-19-49(43)41(53)27-47(3)17-7-5-6-8-18-48(4)28-42(54)50-20-10-12-34-32-22-30(2)26-44(34,50)36-14-16-40(52)46-38(36)24-32/h13-16,21-22,31-34H,5-12,17-20,23-28H2,1-4H3,(H,45,51)(H,46,52)/t31-,32-,33+,34+,43-,44-/m0/s1. The number of amides is 2. The third-order valence-electron chi connectivity index (χ3n) is 14.2. The molecule has 2 saturated heterocycles. The molecule has 10 heteroatoms. The number of likely N-dealkylation sites (N-methyl/N-ethyl adjacent to an activating group) is 2. The van der Waals surface area contributed by atoms with E-state index in [1.807, 2.05) is 12.1 Å². The Hall–Kier alpha value is -3.76. The zero-order chi connectivity index (χ0) is 37.8. The summed E-state index contributed by atoms with van der Waals surface area (Å²) in [6, 6.07) is 7.30. The fourth-order valence-electron chi connectivity index (χ4n) is 12.3. The molecule has 290 valence electrons. The molecule has 54 heavy (non-hydrogen) atoms. The predicted molar refractivity (Wildman–Crippen MR) is 211 cm³/mol. The van der Waals surface area contributed by atoms with E-state index >= 15 is 0 Å². The van der Waals surface area contributed by atoms with Crippen molar-refractivity contribution in [3.05, 3.63) is 90.8 Å². The molecular formula is C44H60N6O4. The number of aromatic amines is 2. The molecule has 2 aliphatic heterocycles. The highest BCUT2D eigenvalue weighted by Gasteiger charge is 2.58. The predicted octanol–water partition coefficient (Wildman–Crippen LogP) is 5.10. The number of aromatic nitrogens is 2. The first-order valence-corrected chi connectivity index (χ1v) is 20.8. The Morgan fingerprint density at radius 1 is 0.685 bits per heavy atom. The third kappa shape index (κ3) is 6.45. The van der Waals surface area contributed by atoms with Gasteiger partial charge in [-0.15, -0.1) is 0 Å². The van der Waals surface area contributed by atoms with Gasteiger partial charge in [-0.2, -0.15) is 0 Å². The Labute approximate surface area is 320 Å². The maximum absolute atomic E-state index is 14.1. The zero-order valence-corrected chi connectivity index (χ0v) is 32.9. The molecule has 4 bridgehead atoms. The number of rotatable bonds is 11. The van der Waals surface area contributed by atoms with Crippen molar-refractivity contribution < 1.29 is 9.59 Å². The summed E-state index contributed by atoms with van der Waals surface area (Å²) in [5, 5.41) is 0.